The molecule has 4 nitrogen and oxygen atoms in total. The molecule has 2 aromatic carbocycles. The standard InChI is InChI=1S/C16H15NO3/c18-16(19)13-5-3-6-14(10-13)20-11-17-9-8-12-4-1-2-7-15(12)17/h1-7,10H,8-9,11H2,(H,18,19). The molecule has 0 saturated carbocycles. The summed E-state index contributed by atoms with van der Waals surface area (Å²) in [4.78, 5) is 13.1. The maximum atomic E-state index is 10.9. The summed E-state index contributed by atoms with van der Waals surface area (Å²) < 4.78 is 5.70. The van der Waals surface area contributed by atoms with E-state index >= 15 is 0 Å². The van der Waals surface area contributed by atoms with E-state index in [4.69, 9.17) is 9.84 Å². The molecule has 102 valence electrons. The average molecular weight is 269 g/mol. The van der Waals surface area contributed by atoms with Crippen LogP contribution in [0, 0.1) is 0 Å². The molecular weight excluding hydrogens is 254 g/mol. The summed E-state index contributed by atoms with van der Waals surface area (Å²) >= 11 is 0. The number of carbonyl (C=O) groups is 1. The molecule has 2 aromatic rings. The van der Waals surface area contributed by atoms with Gasteiger partial charge >= 0.3 is 5.97 Å². The van der Waals surface area contributed by atoms with Crippen molar-refractivity contribution < 1.29 is 14.6 Å². The Morgan fingerprint density at radius 2 is 2.05 bits per heavy atom. The van der Waals surface area contributed by atoms with Crippen LogP contribution in [0.25, 0.3) is 0 Å². The number of hydrogen-bond donors (Lipinski definition) is 1. The lowest BCUT2D eigenvalue weighted by Crippen LogP contribution is -2.25. The third kappa shape index (κ3) is 2.45. The number of nitrogens with zero attached hydrogens (tertiary/aromatic N) is 1. The van der Waals surface area contributed by atoms with Crippen molar-refractivity contribution in [2.75, 3.05) is 18.2 Å². The molecular formula is C16H15NO3. The fraction of sp³-hybridized carbons (Fsp3) is 0.188. The van der Waals surface area contributed by atoms with Gasteiger partial charge in [0.1, 0.15) is 5.75 Å². The van der Waals surface area contributed by atoms with E-state index in [1.807, 2.05) is 12.1 Å². The van der Waals surface area contributed by atoms with Crippen LogP contribution in [0.3, 0.4) is 0 Å². The molecule has 0 spiro atoms. The smallest absolute Gasteiger partial charge is 0.335 e. The van der Waals surface area contributed by atoms with Crippen LogP contribution in [0.5, 0.6) is 5.75 Å². The van der Waals surface area contributed by atoms with Crippen molar-refractivity contribution in [2.24, 2.45) is 0 Å². The van der Waals surface area contributed by atoms with Gasteiger partial charge in [-0.2, -0.15) is 0 Å². The van der Waals surface area contributed by atoms with E-state index in [9.17, 15) is 4.79 Å². The van der Waals surface area contributed by atoms with Crippen molar-refractivity contribution >= 4 is 11.7 Å². The monoisotopic (exact) mass is 269 g/mol. The van der Waals surface area contributed by atoms with Gasteiger partial charge in [-0.1, -0.05) is 24.3 Å². The summed E-state index contributed by atoms with van der Waals surface area (Å²) in [6, 6.07) is 14.8. The van der Waals surface area contributed by atoms with Crippen molar-refractivity contribution in [3.63, 3.8) is 0 Å². The van der Waals surface area contributed by atoms with E-state index in [0.29, 0.717) is 12.5 Å². The minimum Gasteiger partial charge on any atom is -0.478 e. The van der Waals surface area contributed by atoms with Crippen LogP contribution in [0.2, 0.25) is 0 Å². The Hall–Kier alpha value is -2.49. The van der Waals surface area contributed by atoms with E-state index in [1.165, 1.54) is 11.3 Å². The van der Waals surface area contributed by atoms with Crippen molar-refractivity contribution in [2.45, 2.75) is 6.42 Å². The Labute approximate surface area is 117 Å². The van der Waals surface area contributed by atoms with E-state index in [1.54, 1.807) is 24.3 Å². The minimum absolute atomic E-state index is 0.240. The summed E-state index contributed by atoms with van der Waals surface area (Å²) in [5, 5.41) is 8.95. The maximum absolute atomic E-state index is 10.9. The molecule has 4 heteroatoms. The number of rotatable bonds is 4. The highest BCUT2D eigenvalue weighted by Crippen LogP contribution is 2.27. The molecule has 1 heterocycles. The molecule has 0 aromatic heterocycles. The number of para-hydroxylation sites is 1. The van der Waals surface area contributed by atoms with Crippen LogP contribution in [0.15, 0.2) is 48.5 Å². The van der Waals surface area contributed by atoms with Gasteiger partial charge in [-0.05, 0) is 36.2 Å². The first kappa shape index (κ1) is 12.5. The van der Waals surface area contributed by atoms with Gasteiger partial charge in [0.25, 0.3) is 0 Å². The third-order valence-electron chi connectivity index (χ3n) is 3.45. The molecule has 0 bridgehead atoms. The topological polar surface area (TPSA) is 49.8 Å². The fourth-order valence-electron chi connectivity index (χ4n) is 2.41. The third-order valence-corrected chi connectivity index (χ3v) is 3.45. The van der Waals surface area contributed by atoms with Crippen molar-refractivity contribution in [1.29, 1.82) is 0 Å². The van der Waals surface area contributed by atoms with E-state index in [-0.39, 0.29) is 5.56 Å². The highest BCUT2D eigenvalue weighted by Gasteiger charge is 2.18. The van der Waals surface area contributed by atoms with E-state index in [0.717, 1.165) is 13.0 Å². The summed E-state index contributed by atoms with van der Waals surface area (Å²) in [7, 11) is 0. The number of aromatic carboxylic acids is 1. The van der Waals surface area contributed by atoms with Gasteiger partial charge in [0.15, 0.2) is 6.73 Å². The van der Waals surface area contributed by atoms with Crippen LogP contribution in [-0.4, -0.2) is 24.4 Å². The van der Waals surface area contributed by atoms with Crippen LogP contribution >= 0.6 is 0 Å². The second-order valence-corrected chi connectivity index (χ2v) is 4.75. The first-order chi connectivity index (χ1) is 9.74. The second kappa shape index (κ2) is 5.25. The molecule has 0 amide bonds. The quantitative estimate of drug-likeness (QED) is 0.927. The molecule has 1 aliphatic rings. The lowest BCUT2D eigenvalue weighted by Gasteiger charge is -2.19. The molecule has 0 fully saturated rings. The molecule has 1 aliphatic heterocycles. The van der Waals surface area contributed by atoms with Crippen LogP contribution < -0.4 is 9.64 Å². The SMILES string of the molecule is O=C(O)c1cccc(OCN2CCc3ccccc32)c1. The normalized spacial score (nSPS) is 13.1. The number of benzene rings is 2. The summed E-state index contributed by atoms with van der Waals surface area (Å²) in [6.45, 7) is 1.36. The van der Waals surface area contributed by atoms with Gasteiger partial charge in [-0.15, -0.1) is 0 Å². The zero-order valence-corrected chi connectivity index (χ0v) is 11.0. The molecule has 0 radical (unpaired) electrons. The van der Waals surface area contributed by atoms with Crippen LogP contribution in [0.1, 0.15) is 15.9 Å². The highest BCUT2D eigenvalue weighted by atomic mass is 16.5. The number of carboxylic acid groups (broad SMARTS) is 1. The molecule has 20 heavy (non-hydrogen) atoms. The first-order valence-corrected chi connectivity index (χ1v) is 6.53. The first-order valence-electron chi connectivity index (χ1n) is 6.53. The number of fused-ring (bicyclic) bond motifs is 1. The largest absolute Gasteiger partial charge is 0.478 e. The van der Waals surface area contributed by atoms with Crippen LogP contribution in [-0.2, 0) is 6.42 Å². The number of hydrogen-bond acceptors (Lipinski definition) is 3. The van der Waals surface area contributed by atoms with Gasteiger partial charge in [-0.25, -0.2) is 4.79 Å². The predicted octanol–water partition coefficient (Wildman–Crippen LogP) is 2.78. The lowest BCUT2D eigenvalue weighted by atomic mass is 10.2. The van der Waals surface area contributed by atoms with Gasteiger partial charge in [0.05, 0.1) is 5.56 Å². The second-order valence-electron chi connectivity index (χ2n) is 4.75. The molecule has 0 aliphatic carbocycles. The zero-order valence-electron chi connectivity index (χ0n) is 11.0. The summed E-state index contributed by atoms with van der Waals surface area (Å²) in [5.41, 5.74) is 2.77. The average Bonchev–Trinajstić information content (AvgIpc) is 2.89. The molecule has 0 saturated heterocycles. The van der Waals surface area contributed by atoms with Gasteiger partial charge in [0, 0.05) is 12.2 Å². The number of ether oxygens (including phenoxy) is 1. The minimum atomic E-state index is -0.943. The fourth-order valence-corrected chi connectivity index (χ4v) is 2.41. The van der Waals surface area contributed by atoms with Crippen molar-refractivity contribution in [3.05, 3.63) is 59.7 Å². The summed E-state index contributed by atoms with van der Waals surface area (Å²) in [6.07, 6.45) is 1.02. The van der Waals surface area contributed by atoms with Crippen LogP contribution in [0.4, 0.5) is 5.69 Å². The van der Waals surface area contributed by atoms with Gasteiger partial charge < -0.3 is 14.7 Å². The van der Waals surface area contributed by atoms with Gasteiger partial charge in [0.2, 0.25) is 0 Å². The van der Waals surface area contributed by atoms with Crippen molar-refractivity contribution in [1.82, 2.24) is 0 Å². The Kier molecular flexibility index (Phi) is 3.29. The van der Waals surface area contributed by atoms with E-state index in [2.05, 4.69) is 17.0 Å². The Morgan fingerprint density at radius 1 is 1.20 bits per heavy atom. The van der Waals surface area contributed by atoms with Crippen molar-refractivity contribution in [3.8, 4) is 5.75 Å². The molecule has 0 unspecified atom stereocenters. The molecule has 1 N–H and O–H groups in total. The number of carboxylic acids is 1. The Balaban J connectivity index is 1.69. The highest BCUT2D eigenvalue weighted by molar-refractivity contribution is 5.88. The lowest BCUT2D eigenvalue weighted by molar-refractivity contribution is 0.0696. The molecule has 0 atom stereocenters. The van der Waals surface area contributed by atoms with E-state index < -0.39 is 5.97 Å². The Bertz CT molecular complexity index is 639. The maximum Gasteiger partial charge on any atom is 0.335 e. The molecule has 3 rings (SSSR count). The number of anilines is 1. The summed E-state index contributed by atoms with van der Waals surface area (Å²) in [5.74, 6) is -0.365. The zero-order chi connectivity index (χ0) is 13.9. The van der Waals surface area contributed by atoms with Gasteiger partial charge in [-0.3, -0.25) is 0 Å². The predicted molar refractivity (Wildman–Crippen MR) is 76.4 cm³/mol. The Morgan fingerprint density at radius 3 is 2.90 bits per heavy atom.